The van der Waals surface area contributed by atoms with Crippen molar-refractivity contribution in [3.05, 3.63) is 29.6 Å². The molecule has 0 N–H and O–H groups in total. The average Bonchev–Trinajstić information content (AvgIpc) is 2.04. The Kier molecular flexibility index (Phi) is 2.58. The van der Waals surface area contributed by atoms with Gasteiger partial charge in [-0.1, -0.05) is 6.07 Å². The highest BCUT2D eigenvalue weighted by molar-refractivity contribution is 5.82. The number of carbonyl (C=O) groups is 1. The molecule has 0 aliphatic rings. The van der Waals surface area contributed by atoms with Crippen LogP contribution in [0.25, 0.3) is 0 Å². The first-order chi connectivity index (χ1) is 5.61. The summed E-state index contributed by atoms with van der Waals surface area (Å²) in [6.45, 7) is 5.45. The third-order valence-electron chi connectivity index (χ3n) is 1.99. The molecule has 1 heterocycles. The van der Waals surface area contributed by atoms with Crippen LogP contribution in [0.1, 0.15) is 31.0 Å². The molecule has 1 aromatic heterocycles. The summed E-state index contributed by atoms with van der Waals surface area (Å²) in [5.41, 5.74) is 1.97. The zero-order chi connectivity index (χ0) is 9.14. The van der Waals surface area contributed by atoms with E-state index in [0.717, 1.165) is 11.3 Å². The molecule has 0 spiro atoms. The van der Waals surface area contributed by atoms with Crippen LogP contribution in [0.4, 0.5) is 0 Å². The lowest BCUT2D eigenvalue weighted by molar-refractivity contribution is -0.118. The smallest absolute Gasteiger partial charge is 0.138 e. The van der Waals surface area contributed by atoms with Gasteiger partial charge >= 0.3 is 0 Å². The number of rotatable bonds is 2. The first kappa shape index (κ1) is 8.91. The first-order valence-electron chi connectivity index (χ1n) is 4.04. The minimum atomic E-state index is -0.0781. The zero-order valence-electron chi connectivity index (χ0n) is 7.66. The molecule has 0 radical (unpaired) electrons. The fourth-order valence-electron chi connectivity index (χ4n) is 0.944. The van der Waals surface area contributed by atoms with E-state index >= 15 is 0 Å². The maximum Gasteiger partial charge on any atom is 0.138 e. The molecule has 0 bridgehead atoms. The van der Waals surface area contributed by atoms with Crippen molar-refractivity contribution < 1.29 is 4.79 Å². The zero-order valence-corrected chi connectivity index (χ0v) is 7.66. The van der Waals surface area contributed by atoms with Gasteiger partial charge in [-0.25, -0.2) is 0 Å². The predicted octanol–water partition coefficient (Wildman–Crippen LogP) is 2.08. The Morgan fingerprint density at radius 3 is 2.58 bits per heavy atom. The van der Waals surface area contributed by atoms with E-state index in [-0.39, 0.29) is 11.7 Å². The molecular weight excluding hydrogens is 150 g/mol. The summed E-state index contributed by atoms with van der Waals surface area (Å²) in [6.07, 6.45) is 1.79. The SMILES string of the molecule is CC(=O)C(C)c1ccc(C)cn1. The van der Waals surface area contributed by atoms with Crippen molar-refractivity contribution in [2.24, 2.45) is 0 Å². The van der Waals surface area contributed by atoms with Crippen molar-refractivity contribution in [2.75, 3.05) is 0 Å². The van der Waals surface area contributed by atoms with Gasteiger partial charge in [-0.3, -0.25) is 9.78 Å². The van der Waals surface area contributed by atoms with E-state index in [2.05, 4.69) is 4.98 Å². The van der Waals surface area contributed by atoms with Crippen LogP contribution in [0.2, 0.25) is 0 Å². The van der Waals surface area contributed by atoms with Crippen LogP contribution >= 0.6 is 0 Å². The van der Waals surface area contributed by atoms with Crippen molar-refractivity contribution >= 4 is 5.78 Å². The van der Waals surface area contributed by atoms with Crippen LogP contribution in [0.5, 0.6) is 0 Å². The van der Waals surface area contributed by atoms with Crippen molar-refractivity contribution in [1.29, 1.82) is 0 Å². The molecule has 12 heavy (non-hydrogen) atoms. The summed E-state index contributed by atoms with van der Waals surface area (Å²) in [5.74, 6) is 0.0805. The van der Waals surface area contributed by atoms with Gasteiger partial charge in [0.2, 0.25) is 0 Å². The quantitative estimate of drug-likeness (QED) is 0.668. The summed E-state index contributed by atoms with van der Waals surface area (Å²) in [6, 6.07) is 3.88. The molecule has 0 saturated heterocycles. The Bertz CT molecular complexity index is 276. The number of aryl methyl sites for hydroxylation is 1. The minimum absolute atomic E-state index is 0.0781. The predicted molar refractivity (Wildman–Crippen MR) is 48.1 cm³/mol. The van der Waals surface area contributed by atoms with Gasteiger partial charge in [-0.2, -0.15) is 0 Å². The maximum absolute atomic E-state index is 11.0. The van der Waals surface area contributed by atoms with E-state index in [1.807, 2.05) is 26.0 Å². The van der Waals surface area contributed by atoms with Gasteiger partial charge < -0.3 is 0 Å². The van der Waals surface area contributed by atoms with Gasteiger partial charge in [0.05, 0.1) is 11.6 Å². The second kappa shape index (κ2) is 3.48. The lowest BCUT2D eigenvalue weighted by Crippen LogP contribution is -2.05. The number of pyridine rings is 1. The number of Topliss-reactive ketones (excluding diaryl/α,β-unsaturated/α-hetero) is 1. The van der Waals surface area contributed by atoms with E-state index in [9.17, 15) is 4.79 Å². The van der Waals surface area contributed by atoms with Gasteiger partial charge in [0.1, 0.15) is 5.78 Å². The molecule has 0 aromatic carbocycles. The molecule has 0 amide bonds. The standard InChI is InChI=1S/C10H13NO/c1-7-4-5-10(11-6-7)8(2)9(3)12/h4-6,8H,1-3H3. The van der Waals surface area contributed by atoms with E-state index in [1.165, 1.54) is 0 Å². The molecule has 0 fully saturated rings. The fraction of sp³-hybridized carbons (Fsp3) is 0.400. The molecular formula is C10H13NO. The molecule has 64 valence electrons. The molecule has 0 aliphatic heterocycles. The summed E-state index contributed by atoms with van der Waals surface area (Å²) >= 11 is 0. The number of ketones is 1. The molecule has 1 aromatic rings. The lowest BCUT2D eigenvalue weighted by Gasteiger charge is -2.05. The number of hydrogen-bond donors (Lipinski definition) is 0. The highest BCUT2D eigenvalue weighted by Crippen LogP contribution is 2.12. The first-order valence-corrected chi connectivity index (χ1v) is 4.04. The highest BCUT2D eigenvalue weighted by Gasteiger charge is 2.10. The number of nitrogens with zero attached hydrogens (tertiary/aromatic N) is 1. The second-order valence-corrected chi connectivity index (χ2v) is 3.09. The fourth-order valence-corrected chi connectivity index (χ4v) is 0.944. The molecule has 0 aliphatic carbocycles. The van der Waals surface area contributed by atoms with Crippen LogP contribution in [0, 0.1) is 6.92 Å². The molecule has 0 saturated carbocycles. The molecule has 1 unspecified atom stereocenters. The number of carbonyl (C=O) groups excluding carboxylic acids is 1. The lowest BCUT2D eigenvalue weighted by atomic mass is 10.0. The van der Waals surface area contributed by atoms with Crippen LogP contribution in [0.3, 0.4) is 0 Å². The molecule has 2 nitrogen and oxygen atoms in total. The largest absolute Gasteiger partial charge is 0.299 e. The van der Waals surface area contributed by atoms with E-state index in [4.69, 9.17) is 0 Å². The van der Waals surface area contributed by atoms with Crippen molar-refractivity contribution in [1.82, 2.24) is 4.98 Å². The summed E-state index contributed by atoms with van der Waals surface area (Å²) in [4.78, 5) is 15.2. The van der Waals surface area contributed by atoms with Gasteiger partial charge in [0.15, 0.2) is 0 Å². The summed E-state index contributed by atoms with van der Waals surface area (Å²) in [5, 5.41) is 0. The maximum atomic E-state index is 11.0. The molecule has 2 heteroatoms. The van der Waals surface area contributed by atoms with E-state index < -0.39 is 0 Å². The third kappa shape index (κ3) is 1.91. The second-order valence-electron chi connectivity index (χ2n) is 3.09. The monoisotopic (exact) mass is 163 g/mol. The van der Waals surface area contributed by atoms with Gasteiger partial charge in [0, 0.05) is 6.20 Å². The van der Waals surface area contributed by atoms with Crippen LogP contribution in [-0.4, -0.2) is 10.8 Å². The normalized spacial score (nSPS) is 12.6. The number of aromatic nitrogens is 1. The van der Waals surface area contributed by atoms with Gasteiger partial charge in [-0.15, -0.1) is 0 Å². The minimum Gasteiger partial charge on any atom is -0.299 e. The Morgan fingerprint density at radius 1 is 1.50 bits per heavy atom. The Morgan fingerprint density at radius 2 is 2.17 bits per heavy atom. The average molecular weight is 163 g/mol. The van der Waals surface area contributed by atoms with Gasteiger partial charge in [0.25, 0.3) is 0 Å². The topological polar surface area (TPSA) is 30.0 Å². The van der Waals surface area contributed by atoms with E-state index in [0.29, 0.717) is 0 Å². The van der Waals surface area contributed by atoms with E-state index in [1.54, 1.807) is 13.1 Å². The third-order valence-corrected chi connectivity index (χ3v) is 1.99. The summed E-state index contributed by atoms with van der Waals surface area (Å²) < 4.78 is 0. The van der Waals surface area contributed by atoms with Crippen molar-refractivity contribution in [3.63, 3.8) is 0 Å². The van der Waals surface area contributed by atoms with Crippen molar-refractivity contribution in [2.45, 2.75) is 26.7 Å². The molecule has 1 atom stereocenters. The Balaban J connectivity index is 2.89. The van der Waals surface area contributed by atoms with Crippen LogP contribution in [-0.2, 0) is 4.79 Å². The van der Waals surface area contributed by atoms with Gasteiger partial charge in [-0.05, 0) is 32.4 Å². The van der Waals surface area contributed by atoms with Crippen molar-refractivity contribution in [3.8, 4) is 0 Å². The van der Waals surface area contributed by atoms with Crippen LogP contribution in [0.15, 0.2) is 18.3 Å². The molecule has 1 rings (SSSR count). The number of hydrogen-bond acceptors (Lipinski definition) is 2. The Labute approximate surface area is 72.6 Å². The Hall–Kier alpha value is -1.18. The van der Waals surface area contributed by atoms with Crippen LogP contribution < -0.4 is 0 Å². The summed E-state index contributed by atoms with van der Waals surface area (Å²) in [7, 11) is 0. The highest BCUT2D eigenvalue weighted by atomic mass is 16.1.